The van der Waals surface area contributed by atoms with Crippen molar-refractivity contribution in [2.45, 2.75) is 24.7 Å². The van der Waals surface area contributed by atoms with Gasteiger partial charge in [0.05, 0.1) is 18.8 Å². The Bertz CT molecular complexity index is 1200. The lowest BCUT2D eigenvalue weighted by Crippen LogP contribution is -2.46. The fourth-order valence-corrected chi connectivity index (χ4v) is 4.18. The molecule has 176 valence electrons. The fraction of sp³-hybridized carbons (Fsp3) is 0.269. The molecule has 0 radical (unpaired) electrons. The van der Waals surface area contributed by atoms with Crippen LogP contribution >= 0.6 is 0 Å². The van der Waals surface area contributed by atoms with Crippen LogP contribution in [0.1, 0.15) is 32.6 Å². The summed E-state index contributed by atoms with van der Waals surface area (Å²) in [6.45, 7) is 1.50. The number of ether oxygens (including phenoxy) is 2. The van der Waals surface area contributed by atoms with Crippen molar-refractivity contribution in [3.63, 3.8) is 0 Å². The average Bonchev–Trinajstić information content (AvgIpc) is 2.81. The first-order chi connectivity index (χ1) is 16.2. The highest BCUT2D eigenvalue weighted by atomic mass is 19.4. The molecule has 0 unspecified atom stereocenters. The summed E-state index contributed by atoms with van der Waals surface area (Å²) in [6, 6.07) is 17.0. The van der Waals surface area contributed by atoms with Crippen molar-refractivity contribution in [3.8, 4) is 11.5 Å². The summed E-state index contributed by atoms with van der Waals surface area (Å²) >= 11 is 0. The van der Waals surface area contributed by atoms with Crippen LogP contribution in [-0.4, -0.2) is 35.7 Å². The number of alkyl halides is 3. The molecule has 2 aliphatic rings. The van der Waals surface area contributed by atoms with E-state index in [-0.39, 0.29) is 19.1 Å². The number of rotatable bonds is 4. The third-order valence-corrected chi connectivity index (χ3v) is 6.25. The molecule has 1 saturated heterocycles. The van der Waals surface area contributed by atoms with E-state index in [0.717, 1.165) is 28.8 Å². The molecule has 3 aromatic rings. The fourth-order valence-electron chi connectivity index (χ4n) is 4.18. The van der Waals surface area contributed by atoms with E-state index in [1.165, 1.54) is 12.1 Å². The van der Waals surface area contributed by atoms with Gasteiger partial charge in [-0.2, -0.15) is 13.2 Å². The highest BCUT2D eigenvalue weighted by Crippen LogP contribution is 2.33. The Morgan fingerprint density at radius 1 is 0.941 bits per heavy atom. The molecular formula is C26H22F3NO4. The highest BCUT2D eigenvalue weighted by Gasteiger charge is 2.38. The van der Waals surface area contributed by atoms with E-state index in [4.69, 9.17) is 9.47 Å². The molecule has 5 rings (SSSR count). The summed E-state index contributed by atoms with van der Waals surface area (Å²) < 4.78 is 49.0. The molecule has 0 saturated carbocycles. The van der Waals surface area contributed by atoms with Crippen LogP contribution in [0, 0.1) is 0 Å². The Labute approximate surface area is 194 Å². The third-order valence-electron chi connectivity index (χ3n) is 6.25. The van der Waals surface area contributed by atoms with E-state index in [0.29, 0.717) is 36.6 Å². The minimum Gasteiger partial charge on any atom is -0.457 e. The number of halogens is 3. The smallest absolute Gasteiger partial charge is 0.416 e. The van der Waals surface area contributed by atoms with Crippen LogP contribution in [0.2, 0.25) is 0 Å². The summed E-state index contributed by atoms with van der Waals surface area (Å²) in [5.41, 5.74) is 1.63. The number of nitrogens with zero attached hydrogens (tertiary/aromatic N) is 1. The lowest BCUT2D eigenvalue weighted by atomic mass is 9.91. The molecular weight excluding hydrogens is 447 g/mol. The number of fused-ring (bicyclic) bond motifs is 1. The molecule has 0 aliphatic carbocycles. The van der Waals surface area contributed by atoms with Crippen LogP contribution in [0.15, 0.2) is 66.7 Å². The first-order valence-electron chi connectivity index (χ1n) is 10.9. The molecule has 0 atom stereocenters. The molecule has 2 aliphatic heterocycles. The number of amides is 1. The standard InChI is InChI=1S/C26H22F3NO4/c27-26(28,29)21-6-9-22(10-7-21)34-23-8-3-19-14-30(12-11-18(19)13-23)24(31)17-1-4-20(5-2-17)25(32)15-33-16-25/h1-10,13,32H,11-12,14-16H2. The summed E-state index contributed by atoms with van der Waals surface area (Å²) in [6.07, 6.45) is -3.75. The second kappa shape index (κ2) is 8.45. The lowest BCUT2D eigenvalue weighted by Gasteiger charge is -2.36. The SMILES string of the molecule is O=C(c1ccc(C2(O)COC2)cc1)N1CCc2cc(Oc3ccc(C(F)(F)F)cc3)ccc2C1. The first-order valence-corrected chi connectivity index (χ1v) is 10.9. The lowest BCUT2D eigenvalue weighted by molar-refractivity contribution is -0.184. The van der Waals surface area contributed by atoms with Gasteiger partial charge in [0, 0.05) is 18.7 Å². The minimum atomic E-state index is -4.39. The molecule has 1 fully saturated rings. The third kappa shape index (κ3) is 4.38. The molecule has 1 N–H and O–H groups in total. The van der Waals surface area contributed by atoms with Gasteiger partial charge in [0.2, 0.25) is 0 Å². The van der Waals surface area contributed by atoms with Gasteiger partial charge in [0.1, 0.15) is 17.1 Å². The number of carbonyl (C=O) groups is 1. The van der Waals surface area contributed by atoms with E-state index in [9.17, 15) is 23.1 Å². The van der Waals surface area contributed by atoms with Crippen LogP contribution < -0.4 is 4.74 Å². The molecule has 2 heterocycles. The van der Waals surface area contributed by atoms with Crippen LogP contribution in [0.4, 0.5) is 13.2 Å². The summed E-state index contributed by atoms with van der Waals surface area (Å²) in [5, 5.41) is 10.4. The minimum absolute atomic E-state index is 0.0841. The van der Waals surface area contributed by atoms with Crippen LogP contribution in [-0.2, 0) is 29.5 Å². The van der Waals surface area contributed by atoms with Gasteiger partial charge < -0.3 is 19.5 Å². The van der Waals surface area contributed by atoms with Gasteiger partial charge in [0.25, 0.3) is 5.91 Å². The zero-order valence-electron chi connectivity index (χ0n) is 18.1. The molecule has 8 heteroatoms. The van der Waals surface area contributed by atoms with Gasteiger partial charge in [-0.1, -0.05) is 18.2 Å². The number of aliphatic hydroxyl groups is 1. The van der Waals surface area contributed by atoms with Crippen molar-refractivity contribution < 1.29 is 32.5 Å². The monoisotopic (exact) mass is 469 g/mol. The van der Waals surface area contributed by atoms with E-state index in [1.54, 1.807) is 35.2 Å². The van der Waals surface area contributed by atoms with E-state index >= 15 is 0 Å². The quantitative estimate of drug-likeness (QED) is 0.590. The Balaban J connectivity index is 1.24. The number of hydrogen-bond acceptors (Lipinski definition) is 4. The predicted molar refractivity (Wildman–Crippen MR) is 118 cm³/mol. The van der Waals surface area contributed by atoms with E-state index in [2.05, 4.69) is 0 Å². The summed E-state index contributed by atoms with van der Waals surface area (Å²) in [7, 11) is 0. The molecule has 0 aromatic heterocycles. The number of benzene rings is 3. The van der Waals surface area contributed by atoms with Gasteiger partial charge >= 0.3 is 6.18 Å². The zero-order valence-corrected chi connectivity index (χ0v) is 18.1. The molecule has 0 bridgehead atoms. The maximum absolute atomic E-state index is 13.0. The normalized spacial score (nSPS) is 17.0. The zero-order chi connectivity index (χ0) is 23.9. The van der Waals surface area contributed by atoms with E-state index in [1.807, 2.05) is 12.1 Å². The van der Waals surface area contributed by atoms with Crippen LogP contribution in [0.3, 0.4) is 0 Å². The van der Waals surface area contributed by atoms with Gasteiger partial charge in [-0.15, -0.1) is 0 Å². The molecule has 3 aromatic carbocycles. The Kier molecular flexibility index (Phi) is 5.58. The van der Waals surface area contributed by atoms with Crippen molar-refractivity contribution in [2.75, 3.05) is 19.8 Å². The number of carbonyl (C=O) groups excluding carboxylic acids is 1. The first kappa shape index (κ1) is 22.4. The number of hydrogen-bond donors (Lipinski definition) is 1. The average molecular weight is 469 g/mol. The van der Waals surface area contributed by atoms with Gasteiger partial charge in [-0.05, 0) is 71.6 Å². The van der Waals surface area contributed by atoms with Gasteiger partial charge in [-0.25, -0.2) is 0 Å². The second-order valence-electron chi connectivity index (χ2n) is 8.63. The highest BCUT2D eigenvalue weighted by molar-refractivity contribution is 5.94. The Morgan fingerprint density at radius 2 is 1.62 bits per heavy atom. The maximum Gasteiger partial charge on any atom is 0.416 e. The molecule has 0 spiro atoms. The second-order valence-corrected chi connectivity index (χ2v) is 8.63. The molecule has 34 heavy (non-hydrogen) atoms. The van der Waals surface area contributed by atoms with Crippen molar-refractivity contribution in [3.05, 3.63) is 94.5 Å². The van der Waals surface area contributed by atoms with Crippen molar-refractivity contribution in [2.24, 2.45) is 0 Å². The van der Waals surface area contributed by atoms with Crippen LogP contribution in [0.5, 0.6) is 11.5 Å². The van der Waals surface area contributed by atoms with Gasteiger partial charge in [0.15, 0.2) is 0 Å². The summed E-state index contributed by atoms with van der Waals surface area (Å²) in [5.74, 6) is 0.771. The molecule has 1 amide bonds. The van der Waals surface area contributed by atoms with Crippen LogP contribution in [0.25, 0.3) is 0 Å². The predicted octanol–water partition coefficient (Wildman–Crippen LogP) is 4.91. The van der Waals surface area contributed by atoms with Gasteiger partial charge in [-0.3, -0.25) is 4.79 Å². The van der Waals surface area contributed by atoms with E-state index < -0.39 is 17.3 Å². The largest absolute Gasteiger partial charge is 0.457 e. The Morgan fingerprint density at radius 3 is 2.24 bits per heavy atom. The van der Waals surface area contributed by atoms with Crippen molar-refractivity contribution in [1.29, 1.82) is 0 Å². The van der Waals surface area contributed by atoms with Crippen molar-refractivity contribution >= 4 is 5.91 Å². The Hall–Kier alpha value is -3.36. The van der Waals surface area contributed by atoms with Crippen molar-refractivity contribution in [1.82, 2.24) is 4.90 Å². The molecule has 5 nitrogen and oxygen atoms in total. The maximum atomic E-state index is 13.0. The topological polar surface area (TPSA) is 59.0 Å². The summed E-state index contributed by atoms with van der Waals surface area (Å²) in [4.78, 5) is 14.8.